The Morgan fingerprint density at radius 1 is 1.09 bits per heavy atom. The summed E-state index contributed by atoms with van der Waals surface area (Å²) in [5, 5.41) is 7.35. The number of pyridine rings is 1. The zero-order chi connectivity index (χ0) is 22.9. The summed E-state index contributed by atoms with van der Waals surface area (Å²) in [5.41, 5.74) is 13.9. The smallest absolute Gasteiger partial charge is 0.237 e. The summed E-state index contributed by atoms with van der Waals surface area (Å²) in [7, 11) is 0. The SMILES string of the molecule is NCCC[C@H](N)C(=O)N[C@H](CC(=O)Nc1cnc2ccccc2c1)Cc1ccc(Cl)cc1. The maximum Gasteiger partial charge on any atom is 0.237 e. The maximum absolute atomic E-state index is 12.8. The number of rotatable bonds is 10. The van der Waals surface area contributed by atoms with Crippen LogP contribution in [-0.2, 0) is 16.0 Å². The van der Waals surface area contributed by atoms with Crippen molar-refractivity contribution in [2.24, 2.45) is 11.5 Å². The van der Waals surface area contributed by atoms with Crippen LogP contribution in [0.15, 0.2) is 60.8 Å². The number of anilines is 1. The van der Waals surface area contributed by atoms with Gasteiger partial charge in [0.15, 0.2) is 0 Å². The number of nitrogens with zero attached hydrogens (tertiary/aromatic N) is 1. The van der Waals surface area contributed by atoms with E-state index in [0.717, 1.165) is 16.5 Å². The van der Waals surface area contributed by atoms with E-state index in [1.807, 2.05) is 42.5 Å². The van der Waals surface area contributed by atoms with Crippen LogP contribution in [0.4, 0.5) is 5.69 Å². The van der Waals surface area contributed by atoms with E-state index >= 15 is 0 Å². The second-order valence-corrected chi connectivity index (χ2v) is 8.18. The fourth-order valence-corrected chi connectivity index (χ4v) is 3.56. The molecule has 0 aliphatic heterocycles. The molecule has 0 bridgehead atoms. The van der Waals surface area contributed by atoms with Gasteiger partial charge in [0.1, 0.15) is 0 Å². The van der Waals surface area contributed by atoms with Gasteiger partial charge in [-0.25, -0.2) is 0 Å². The molecular weight excluding hydrogens is 426 g/mol. The standard InChI is InChI=1S/C24H28ClN5O2/c25-18-9-7-16(8-10-18)12-19(30-24(32)21(27)5-3-11-26)14-23(31)29-20-13-17-4-1-2-6-22(17)28-15-20/h1-2,4,6-10,13,15,19,21H,3,5,11-12,14,26-27H2,(H,29,31)(H,30,32)/t19-,21-/m0/s1. The largest absolute Gasteiger partial charge is 0.351 e. The predicted octanol–water partition coefficient (Wildman–Crippen LogP) is 3.01. The molecule has 0 spiro atoms. The first-order valence-electron chi connectivity index (χ1n) is 10.6. The summed E-state index contributed by atoms with van der Waals surface area (Å²) in [5.74, 6) is -0.519. The van der Waals surface area contributed by atoms with Gasteiger partial charge in [0.05, 0.1) is 23.4 Å². The van der Waals surface area contributed by atoms with Gasteiger partial charge in [-0.3, -0.25) is 14.6 Å². The Morgan fingerprint density at radius 3 is 2.59 bits per heavy atom. The molecule has 7 nitrogen and oxygen atoms in total. The van der Waals surface area contributed by atoms with Crippen molar-refractivity contribution in [1.82, 2.24) is 10.3 Å². The molecule has 0 radical (unpaired) electrons. The number of amides is 2. The summed E-state index contributed by atoms with van der Waals surface area (Å²) in [6.45, 7) is 0.470. The molecule has 0 aliphatic carbocycles. The van der Waals surface area contributed by atoms with Crippen LogP contribution in [0.2, 0.25) is 5.02 Å². The Morgan fingerprint density at radius 2 is 1.84 bits per heavy atom. The first-order chi connectivity index (χ1) is 15.4. The topological polar surface area (TPSA) is 123 Å². The Balaban J connectivity index is 1.68. The first kappa shape index (κ1) is 23.7. The number of para-hydroxylation sites is 1. The van der Waals surface area contributed by atoms with Gasteiger partial charge in [-0.2, -0.15) is 0 Å². The third kappa shape index (κ3) is 7.02. The third-order valence-electron chi connectivity index (χ3n) is 5.10. The minimum absolute atomic E-state index is 0.0881. The number of benzene rings is 2. The fraction of sp³-hybridized carbons (Fsp3) is 0.292. The van der Waals surface area contributed by atoms with E-state index in [0.29, 0.717) is 36.5 Å². The Hall–Kier alpha value is -3.00. The van der Waals surface area contributed by atoms with Crippen LogP contribution in [0.25, 0.3) is 10.9 Å². The molecule has 8 heteroatoms. The van der Waals surface area contributed by atoms with Crippen LogP contribution >= 0.6 is 11.6 Å². The van der Waals surface area contributed by atoms with E-state index in [4.69, 9.17) is 23.1 Å². The molecule has 2 aromatic carbocycles. The molecule has 0 unspecified atom stereocenters. The van der Waals surface area contributed by atoms with Crippen LogP contribution in [0.1, 0.15) is 24.8 Å². The van der Waals surface area contributed by atoms with Crippen molar-refractivity contribution in [2.45, 2.75) is 37.8 Å². The highest BCUT2D eigenvalue weighted by atomic mass is 35.5. The molecule has 0 fully saturated rings. The number of nitrogens with two attached hydrogens (primary N) is 2. The molecular formula is C24H28ClN5O2. The quantitative estimate of drug-likeness (QED) is 0.375. The molecule has 2 amide bonds. The lowest BCUT2D eigenvalue weighted by molar-refractivity contribution is -0.123. The molecule has 3 rings (SSSR count). The maximum atomic E-state index is 12.8. The molecule has 1 heterocycles. The fourth-order valence-electron chi connectivity index (χ4n) is 3.43. The summed E-state index contributed by atoms with van der Waals surface area (Å²) < 4.78 is 0. The molecule has 168 valence electrons. The van der Waals surface area contributed by atoms with E-state index in [1.165, 1.54) is 0 Å². The Labute approximate surface area is 192 Å². The summed E-state index contributed by atoms with van der Waals surface area (Å²) in [4.78, 5) is 29.7. The van der Waals surface area contributed by atoms with E-state index in [-0.39, 0.29) is 18.2 Å². The molecule has 32 heavy (non-hydrogen) atoms. The second kappa shape index (κ2) is 11.6. The number of halogens is 1. The molecule has 0 saturated heterocycles. The molecule has 0 saturated carbocycles. The van der Waals surface area contributed by atoms with Crippen LogP contribution in [-0.4, -0.2) is 35.4 Å². The lowest BCUT2D eigenvalue weighted by atomic mass is 10.0. The van der Waals surface area contributed by atoms with Crippen molar-refractivity contribution in [2.75, 3.05) is 11.9 Å². The van der Waals surface area contributed by atoms with Crippen LogP contribution < -0.4 is 22.1 Å². The normalized spacial score (nSPS) is 12.8. The summed E-state index contributed by atoms with van der Waals surface area (Å²) in [6, 6.07) is 15.8. The van der Waals surface area contributed by atoms with E-state index in [2.05, 4.69) is 15.6 Å². The van der Waals surface area contributed by atoms with Gasteiger partial charge < -0.3 is 22.1 Å². The van der Waals surface area contributed by atoms with Crippen molar-refractivity contribution in [3.63, 3.8) is 0 Å². The zero-order valence-electron chi connectivity index (χ0n) is 17.8. The van der Waals surface area contributed by atoms with Gasteiger partial charge in [0.25, 0.3) is 0 Å². The van der Waals surface area contributed by atoms with Gasteiger partial charge in [0.2, 0.25) is 11.8 Å². The van der Waals surface area contributed by atoms with Crippen LogP contribution in [0, 0.1) is 0 Å². The number of carbonyl (C=O) groups excluding carboxylic acids is 2. The first-order valence-corrected chi connectivity index (χ1v) is 11.0. The number of aromatic nitrogens is 1. The second-order valence-electron chi connectivity index (χ2n) is 7.74. The molecule has 0 aliphatic rings. The van der Waals surface area contributed by atoms with E-state index in [9.17, 15) is 9.59 Å². The number of fused-ring (bicyclic) bond motifs is 1. The lowest BCUT2D eigenvalue weighted by Gasteiger charge is -2.21. The van der Waals surface area contributed by atoms with Crippen molar-refractivity contribution in [3.8, 4) is 0 Å². The summed E-state index contributed by atoms with van der Waals surface area (Å²) >= 11 is 5.97. The molecule has 6 N–H and O–H groups in total. The van der Waals surface area contributed by atoms with Gasteiger partial charge in [-0.15, -0.1) is 0 Å². The highest BCUT2D eigenvalue weighted by molar-refractivity contribution is 6.30. The number of carbonyl (C=O) groups is 2. The monoisotopic (exact) mass is 453 g/mol. The van der Waals surface area contributed by atoms with E-state index in [1.54, 1.807) is 18.3 Å². The Kier molecular flexibility index (Phi) is 8.56. The molecule has 1 aromatic heterocycles. The lowest BCUT2D eigenvalue weighted by Crippen LogP contribution is -2.47. The van der Waals surface area contributed by atoms with Gasteiger partial charge >= 0.3 is 0 Å². The predicted molar refractivity (Wildman–Crippen MR) is 128 cm³/mol. The highest BCUT2D eigenvalue weighted by Gasteiger charge is 2.21. The third-order valence-corrected chi connectivity index (χ3v) is 5.36. The van der Waals surface area contributed by atoms with Crippen molar-refractivity contribution >= 4 is 40.0 Å². The van der Waals surface area contributed by atoms with Gasteiger partial charge in [-0.05, 0) is 55.6 Å². The zero-order valence-corrected chi connectivity index (χ0v) is 18.5. The minimum atomic E-state index is -0.668. The number of hydrogen-bond donors (Lipinski definition) is 4. The van der Waals surface area contributed by atoms with Gasteiger partial charge in [-0.1, -0.05) is 41.9 Å². The Bertz CT molecular complexity index is 1060. The molecule has 2 atom stereocenters. The van der Waals surface area contributed by atoms with Gasteiger partial charge in [0, 0.05) is 22.9 Å². The van der Waals surface area contributed by atoms with Crippen LogP contribution in [0.3, 0.4) is 0 Å². The summed E-state index contributed by atoms with van der Waals surface area (Å²) in [6.07, 6.45) is 3.33. The van der Waals surface area contributed by atoms with Crippen LogP contribution in [0.5, 0.6) is 0 Å². The average Bonchev–Trinajstić information content (AvgIpc) is 2.78. The molecule has 3 aromatic rings. The van der Waals surface area contributed by atoms with Crippen molar-refractivity contribution in [1.29, 1.82) is 0 Å². The van der Waals surface area contributed by atoms with Crippen molar-refractivity contribution < 1.29 is 9.59 Å². The highest BCUT2D eigenvalue weighted by Crippen LogP contribution is 2.17. The average molecular weight is 454 g/mol. The minimum Gasteiger partial charge on any atom is -0.351 e. The van der Waals surface area contributed by atoms with Crippen molar-refractivity contribution in [3.05, 3.63) is 71.4 Å². The van der Waals surface area contributed by atoms with E-state index < -0.39 is 12.1 Å². The number of nitrogens with one attached hydrogen (secondary N) is 2. The number of hydrogen-bond acceptors (Lipinski definition) is 5.